The van der Waals surface area contributed by atoms with E-state index < -0.39 is 0 Å². The molecule has 2 aliphatic rings. The van der Waals surface area contributed by atoms with E-state index in [1.807, 2.05) is 41.3 Å². The van der Waals surface area contributed by atoms with Crippen LogP contribution in [0.2, 0.25) is 5.02 Å². The van der Waals surface area contributed by atoms with E-state index in [2.05, 4.69) is 0 Å². The molecular weight excluding hydrogens is 358 g/mol. The summed E-state index contributed by atoms with van der Waals surface area (Å²) in [6, 6.07) is 11.6. The van der Waals surface area contributed by atoms with Crippen LogP contribution in [0.1, 0.15) is 12.0 Å². The van der Waals surface area contributed by atoms with Gasteiger partial charge in [0.1, 0.15) is 13.2 Å². The Morgan fingerprint density at radius 1 is 1.12 bits per heavy atom. The zero-order valence-electron chi connectivity index (χ0n) is 13.7. The first-order valence-electron chi connectivity index (χ1n) is 8.32. The molecule has 4 nitrogen and oxygen atoms in total. The number of hydrogen-bond donors (Lipinski definition) is 0. The Morgan fingerprint density at radius 3 is 2.84 bits per heavy atom. The lowest BCUT2D eigenvalue weighted by Crippen LogP contribution is -2.35. The van der Waals surface area contributed by atoms with Crippen LogP contribution >= 0.6 is 23.4 Å². The summed E-state index contributed by atoms with van der Waals surface area (Å²) in [6.45, 7) is 1.87. The summed E-state index contributed by atoms with van der Waals surface area (Å²) in [5.41, 5.74) is 2.01. The molecule has 0 atom stereocenters. The van der Waals surface area contributed by atoms with Crippen molar-refractivity contribution in [1.82, 2.24) is 0 Å². The number of carbonyl (C=O) groups is 1. The number of benzene rings is 2. The van der Waals surface area contributed by atoms with E-state index >= 15 is 0 Å². The van der Waals surface area contributed by atoms with Gasteiger partial charge in [0.05, 0.1) is 5.69 Å². The van der Waals surface area contributed by atoms with E-state index in [-0.39, 0.29) is 5.91 Å². The average molecular weight is 376 g/mol. The fraction of sp³-hybridized carbons (Fsp3) is 0.316. The van der Waals surface area contributed by atoms with Gasteiger partial charge in [-0.15, -0.1) is 11.8 Å². The molecule has 0 unspecified atom stereocenters. The molecule has 130 valence electrons. The minimum absolute atomic E-state index is 0.124. The summed E-state index contributed by atoms with van der Waals surface area (Å²) >= 11 is 7.88. The van der Waals surface area contributed by atoms with Gasteiger partial charge in [-0.1, -0.05) is 17.7 Å². The van der Waals surface area contributed by atoms with Gasteiger partial charge in [0.2, 0.25) is 5.91 Å². The number of ether oxygens (including phenoxy) is 2. The summed E-state index contributed by atoms with van der Waals surface area (Å²) in [5.74, 6) is 2.57. The molecule has 0 aromatic heterocycles. The van der Waals surface area contributed by atoms with Crippen molar-refractivity contribution in [3.63, 3.8) is 0 Å². The van der Waals surface area contributed by atoms with Crippen LogP contribution in [0.15, 0.2) is 41.3 Å². The van der Waals surface area contributed by atoms with E-state index in [0.717, 1.165) is 39.9 Å². The summed E-state index contributed by atoms with van der Waals surface area (Å²) in [5, 5.41) is 0.658. The number of carbonyl (C=O) groups excluding carboxylic acids is 1. The third-order valence-corrected chi connectivity index (χ3v) is 5.60. The number of nitrogens with zero attached hydrogens (tertiary/aromatic N) is 1. The maximum Gasteiger partial charge on any atom is 0.227 e. The molecular formula is C19H18ClNO3S. The molecule has 0 saturated heterocycles. The third kappa shape index (κ3) is 3.58. The summed E-state index contributed by atoms with van der Waals surface area (Å²) < 4.78 is 11.1. The highest BCUT2D eigenvalue weighted by atomic mass is 35.5. The Morgan fingerprint density at radius 2 is 1.96 bits per heavy atom. The third-order valence-electron chi connectivity index (χ3n) is 4.32. The molecule has 2 aromatic carbocycles. The standard InChI is InChI=1S/C19H18ClNO3S/c20-14-3-5-18-15(12-14)21(7-10-25-18)19(22)6-2-13-1-4-16-17(11-13)24-9-8-23-16/h1,3-5,11-12H,2,6-10H2. The van der Waals surface area contributed by atoms with E-state index in [4.69, 9.17) is 21.1 Å². The fourth-order valence-corrected chi connectivity index (χ4v) is 4.22. The Kier molecular flexibility index (Phi) is 4.77. The van der Waals surface area contributed by atoms with Gasteiger partial charge in [-0.3, -0.25) is 4.79 Å². The minimum atomic E-state index is 0.124. The molecule has 2 aromatic rings. The van der Waals surface area contributed by atoms with Crippen molar-refractivity contribution in [3.8, 4) is 11.5 Å². The Hall–Kier alpha value is -1.85. The molecule has 0 radical (unpaired) electrons. The molecule has 0 saturated carbocycles. The van der Waals surface area contributed by atoms with Gasteiger partial charge in [0.15, 0.2) is 11.5 Å². The lowest BCUT2D eigenvalue weighted by molar-refractivity contribution is -0.118. The number of fused-ring (bicyclic) bond motifs is 2. The van der Waals surface area contributed by atoms with Crippen LogP contribution < -0.4 is 14.4 Å². The number of anilines is 1. The molecule has 0 aliphatic carbocycles. The van der Waals surface area contributed by atoms with Crippen LogP contribution in [0.25, 0.3) is 0 Å². The average Bonchev–Trinajstić information content (AvgIpc) is 2.65. The second-order valence-corrected chi connectivity index (χ2v) is 7.56. The highest BCUT2D eigenvalue weighted by Crippen LogP contribution is 2.37. The number of rotatable bonds is 3. The van der Waals surface area contributed by atoms with E-state index in [0.29, 0.717) is 31.1 Å². The molecule has 6 heteroatoms. The fourth-order valence-electron chi connectivity index (χ4n) is 3.08. The second kappa shape index (κ2) is 7.18. The van der Waals surface area contributed by atoms with Crippen molar-refractivity contribution >= 4 is 35.0 Å². The van der Waals surface area contributed by atoms with Crippen LogP contribution in [0.4, 0.5) is 5.69 Å². The lowest BCUT2D eigenvalue weighted by atomic mass is 10.1. The number of amides is 1. The van der Waals surface area contributed by atoms with Gasteiger partial charge < -0.3 is 14.4 Å². The van der Waals surface area contributed by atoms with Crippen molar-refractivity contribution in [3.05, 3.63) is 47.0 Å². The summed E-state index contributed by atoms with van der Waals surface area (Å²) in [7, 11) is 0. The van der Waals surface area contributed by atoms with Gasteiger partial charge >= 0.3 is 0 Å². The Balaban J connectivity index is 1.46. The maximum atomic E-state index is 12.8. The number of halogens is 1. The van der Waals surface area contributed by atoms with Gasteiger partial charge in [-0.05, 0) is 42.3 Å². The largest absolute Gasteiger partial charge is 0.486 e. The van der Waals surface area contributed by atoms with Crippen LogP contribution in [-0.2, 0) is 11.2 Å². The van der Waals surface area contributed by atoms with Crippen molar-refractivity contribution in [2.24, 2.45) is 0 Å². The van der Waals surface area contributed by atoms with E-state index in [9.17, 15) is 4.79 Å². The first-order valence-corrected chi connectivity index (χ1v) is 9.68. The van der Waals surface area contributed by atoms with E-state index in [1.54, 1.807) is 11.8 Å². The second-order valence-electron chi connectivity index (χ2n) is 5.98. The molecule has 0 spiro atoms. The Labute approximate surface area is 156 Å². The normalized spacial score (nSPS) is 15.6. The topological polar surface area (TPSA) is 38.8 Å². The lowest BCUT2D eigenvalue weighted by Gasteiger charge is -2.29. The zero-order chi connectivity index (χ0) is 17.2. The SMILES string of the molecule is O=C(CCc1ccc2c(c1)OCCO2)N1CCSc2ccc(Cl)cc21. The van der Waals surface area contributed by atoms with Gasteiger partial charge in [-0.25, -0.2) is 0 Å². The Bertz CT molecular complexity index is 811. The monoisotopic (exact) mass is 375 g/mol. The van der Waals surface area contributed by atoms with Crippen LogP contribution in [0.3, 0.4) is 0 Å². The first kappa shape index (κ1) is 16.6. The molecule has 0 fully saturated rings. The van der Waals surface area contributed by atoms with Crippen molar-refractivity contribution < 1.29 is 14.3 Å². The highest BCUT2D eigenvalue weighted by Gasteiger charge is 2.23. The number of thioether (sulfide) groups is 1. The van der Waals surface area contributed by atoms with Gasteiger partial charge in [-0.2, -0.15) is 0 Å². The molecule has 2 aliphatic heterocycles. The van der Waals surface area contributed by atoms with Crippen molar-refractivity contribution in [2.75, 3.05) is 30.4 Å². The predicted molar refractivity (Wildman–Crippen MR) is 100 cm³/mol. The van der Waals surface area contributed by atoms with Gasteiger partial charge in [0.25, 0.3) is 0 Å². The number of hydrogen-bond acceptors (Lipinski definition) is 4. The van der Waals surface area contributed by atoms with E-state index in [1.165, 1.54) is 0 Å². The predicted octanol–water partition coefficient (Wildman–Crippen LogP) is 4.18. The van der Waals surface area contributed by atoms with Crippen molar-refractivity contribution in [1.29, 1.82) is 0 Å². The molecule has 0 N–H and O–H groups in total. The van der Waals surface area contributed by atoms with Crippen LogP contribution in [-0.4, -0.2) is 31.4 Å². The highest BCUT2D eigenvalue weighted by molar-refractivity contribution is 7.99. The maximum absolute atomic E-state index is 12.8. The molecule has 1 amide bonds. The smallest absolute Gasteiger partial charge is 0.227 e. The molecule has 2 heterocycles. The quantitative estimate of drug-likeness (QED) is 0.806. The molecule has 25 heavy (non-hydrogen) atoms. The van der Waals surface area contributed by atoms with Crippen LogP contribution in [0.5, 0.6) is 11.5 Å². The zero-order valence-corrected chi connectivity index (χ0v) is 15.2. The minimum Gasteiger partial charge on any atom is -0.486 e. The summed E-state index contributed by atoms with van der Waals surface area (Å²) in [6.07, 6.45) is 1.13. The summed E-state index contributed by atoms with van der Waals surface area (Å²) in [4.78, 5) is 15.7. The first-order chi connectivity index (χ1) is 12.2. The van der Waals surface area contributed by atoms with Crippen LogP contribution in [0, 0.1) is 0 Å². The number of aryl methyl sites for hydroxylation is 1. The molecule has 4 rings (SSSR count). The van der Waals surface area contributed by atoms with Crippen molar-refractivity contribution in [2.45, 2.75) is 17.7 Å². The van der Waals surface area contributed by atoms with Gasteiger partial charge in [0, 0.05) is 28.6 Å². The molecule has 0 bridgehead atoms.